The van der Waals surface area contributed by atoms with Gasteiger partial charge in [0.1, 0.15) is 10.8 Å². The number of anilines is 1. The van der Waals surface area contributed by atoms with Gasteiger partial charge in [-0.2, -0.15) is 0 Å². The van der Waals surface area contributed by atoms with Gasteiger partial charge in [0.15, 0.2) is 4.90 Å². The lowest BCUT2D eigenvalue weighted by molar-refractivity contribution is -0.387. The summed E-state index contributed by atoms with van der Waals surface area (Å²) in [5.41, 5.74) is 0.452. The third-order valence-corrected chi connectivity index (χ3v) is 5.91. The number of aromatic nitrogens is 2. The normalized spacial score (nSPS) is 11.1. The van der Waals surface area contributed by atoms with Crippen molar-refractivity contribution in [3.05, 3.63) is 69.2 Å². The van der Waals surface area contributed by atoms with Crippen molar-refractivity contribution in [2.75, 3.05) is 11.8 Å². The van der Waals surface area contributed by atoms with Crippen LogP contribution in [0.1, 0.15) is 10.6 Å². The van der Waals surface area contributed by atoms with Gasteiger partial charge >= 0.3 is 0 Å². The Morgan fingerprint density at radius 3 is 2.52 bits per heavy atom. The molecule has 3 aromatic rings. The Bertz CT molecular complexity index is 1060. The minimum absolute atomic E-state index is 0.0386. The van der Waals surface area contributed by atoms with Crippen LogP contribution < -0.4 is 9.46 Å². The number of nitrogens with zero attached hydrogens (tertiary/aromatic N) is 3. The minimum Gasteiger partial charge on any atom is -0.497 e. The van der Waals surface area contributed by atoms with Crippen molar-refractivity contribution < 1.29 is 18.1 Å². The number of nitro benzene ring substituents is 1. The molecule has 0 radical (unpaired) electrons. The Kier molecular flexibility index (Phi) is 5.33. The summed E-state index contributed by atoms with van der Waals surface area (Å²) in [6, 6.07) is 12.5. The van der Waals surface area contributed by atoms with E-state index in [-0.39, 0.29) is 5.13 Å². The molecule has 0 amide bonds. The number of nitrogens with one attached hydrogen (secondary N) is 1. The van der Waals surface area contributed by atoms with Gasteiger partial charge in [0.2, 0.25) is 5.13 Å². The fourth-order valence-corrected chi connectivity index (χ4v) is 4.47. The van der Waals surface area contributed by atoms with Crippen molar-refractivity contribution >= 4 is 32.2 Å². The molecule has 0 aliphatic heterocycles. The molecular formula is C16H14N4O5S2. The Morgan fingerprint density at radius 1 is 1.15 bits per heavy atom. The van der Waals surface area contributed by atoms with Crippen LogP contribution in [0.15, 0.2) is 53.4 Å². The van der Waals surface area contributed by atoms with Crippen molar-refractivity contribution in [1.29, 1.82) is 0 Å². The van der Waals surface area contributed by atoms with Crippen LogP contribution in [0.25, 0.3) is 0 Å². The van der Waals surface area contributed by atoms with Crippen LogP contribution in [0.5, 0.6) is 5.75 Å². The second kappa shape index (κ2) is 7.68. The minimum atomic E-state index is -4.16. The van der Waals surface area contributed by atoms with Gasteiger partial charge in [0, 0.05) is 12.5 Å². The molecule has 0 bridgehead atoms. The maximum absolute atomic E-state index is 12.5. The summed E-state index contributed by atoms with van der Waals surface area (Å²) in [5, 5.41) is 19.5. The summed E-state index contributed by atoms with van der Waals surface area (Å²) >= 11 is 1.06. The van der Waals surface area contributed by atoms with Crippen molar-refractivity contribution in [1.82, 2.24) is 10.2 Å². The SMILES string of the molecule is COc1ccc(Cc2nnc(NS(=O)(=O)c3ccccc3[N+](=O)[O-])s2)cc1. The molecule has 1 aromatic heterocycles. The highest BCUT2D eigenvalue weighted by Crippen LogP contribution is 2.27. The van der Waals surface area contributed by atoms with Crippen LogP contribution in [0.2, 0.25) is 0 Å². The molecule has 0 fully saturated rings. The van der Waals surface area contributed by atoms with Crippen LogP contribution >= 0.6 is 11.3 Å². The highest BCUT2D eigenvalue weighted by atomic mass is 32.2. The van der Waals surface area contributed by atoms with Crippen LogP contribution in [0, 0.1) is 10.1 Å². The molecule has 9 nitrogen and oxygen atoms in total. The van der Waals surface area contributed by atoms with E-state index in [1.165, 1.54) is 18.2 Å². The molecule has 0 spiro atoms. The predicted octanol–water partition coefficient (Wildman–Crippen LogP) is 2.85. The molecule has 2 aromatic carbocycles. The molecule has 27 heavy (non-hydrogen) atoms. The first-order valence-corrected chi connectivity index (χ1v) is 9.90. The van der Waals surface area contributed by atoms with Crippen LogP contribution in [-0.2, 0) is 16.4 Å². The number of para-hydroxylation sites is 1. The maximum Gasteiger partial charge on any atom is 0.289 e. The van der Waals surface area contributed by atoms with E-state index in [4.69, 9.17) is 4.74 Å². The zero-order chi connectivity index (χ0) is 19.4. The summed E-state index contributed by atoms with van der Waals surface area (Å²) in [7, 11) is -2.58. The maximum atomic E-state index is 12.5. The first-order chi connectivity index (χ1) is 12.9. The molecule has 11 heteroatoms. The van der Waals surface area contributed by atoms with E-state index in [0.717, 1.165) is 28.7 Å². The molecule has 140 valence electrons. The number of ether oxygens (including phenoxy) is 1. The number of rotatable bonds is 7. The molecule has 0 aliphatic rings. The molecule has 0 saturated heterocycles. The van der Waals surface area contributed by atoms with Crippen molar-refractivity contribution in [3.63, 3.8) is 0 Å². The summed E-state index contributed by atoms with van der Waals surface area (Å²) in [6.45, 7) is 0. The van der Waals surface area contributed by atoms with Gasteiger partial charge in [-0.05, 0) is 23.8 Å². The molecule has 1 N–H and O–H groups in total. The lowest BCUT2D eigenvalue weighted by Gasteiger charge is -2.05. The Balaban J connectivity index is 1.78. The van der Waals surface area contributed by atoms with Gasteiger partial charge < -0.3 is 4.74 Å². The van der Waals surface area contributed by atoms with Crippen LogP contribution in [0.4, 0.5) is 10.8 Å². The van der Waals surface area contributed by atoms with Crippen molar-refractivity contribution in [2.45, 2.75) is 11.3 Å². The van der Waals surface area contributed by atoms with Gasteiger partial charge in [-0.3, -0.25) is 14.8 Å². The highest BCUT2D eigenvalue weighted by Gasteiger charge is 2.26. The second-order valence-corrected chi connectivity index (χ2v) is 8.07. The number of hydrogen-bond acceptors (Lipinski definition) is 8. The third-order valence-electron chi connectivity index (χ3n) is 3.55. The van der Waals surface area contributed by atoms with E-state index < -0.39 is 25.5 Å². The van der Waals surface area contributed by atoms with Crippen molar-refractivity contribution in [3.8, 4) is 5.75 Å². The predicted molar refractivity (Wildman–Crippen MR) is 99.6 cm³/mol. The fourth-order valence-electron chi connectivity index (χ4n) is 2.29. The summed E-state index contributed by atoms with van der Waals surface area (Å²) < 4.78 is 32.3. The second-order valence-electron chi connectivity index (χ2n) is 5.36. The quantitative estimate of drug-likeness (QED) is 0.472. The van der Waals surface area contributed by atoms with Gasteiger partial charge in [0.25, 0.3) is 15.7 Å². The summed E-state index contributed by atoms with van der Waals surface area (Å²) in [5.74, 6) is 0.730. The number of benzene rings is 2. The highest BCUT2D eigenvalue weighted by molar-refractivity contribution is 7.93. The van der Waals surface area contributed by atoms with E-state index in [1.54, 1.807) is 7.11 Å². The van der Waals surface area contributed by atoms with E-state index in [0.29, 0.717) is 11.4 Å². The van der Waals surface area contributed by atoms with E-state index >= 15 is 0 Å². The Hall–Kier alpha value is -3.05. The zero-order valence-electron chi connectivity index (χ0n) is 14.0. The molecule has 0 unspecified atom stereocenters. The monoisotopic (exact) mass is 406 g/mol. The average molecular weight is 406 g/mol. The summed E-state index contributed by atoms with van der Waals surface area (Å²) in [6.07, 6.45) is 0.467. The molecular weight excluding hydrogens is 392 g/mol. The molecule has 0 aliphatic carbocycles. The van der Waals surface area contributed by atoms with Gasteiger partial charge in [-0.15, -0.1) is 10.2 Å². The fraction of sp³-hybridized carbons (Fsp3) is 0.125. The average Bonchev–Trinajstić information content (AvgIpc) is 3.08. The van der Waals surface area contributed by atoms with Gasteiger partial charge in [0.05, 0.1) is 12.0 Å². The molecule has 0 atom stereocenters. The van der Waals surface area contributed by atoms with E-state index in [2.05, 4.69) is 14.9 Å². The van der Waals surface area contributed by atoms with Gasteiger partial charge in [-0.1, -0.05) is 35.6 Å². The van der Waals surface area contributed by atoms with Crippen LogP contribution in [0.3, 0.4) is 0 Å². The number of sulfonamides is 1. The third kappa shape index (κ3) is 4.38. The summed E-state index contributed by atoms with van der Waals surface area (Å²) in [4.78, 5) is 9.88. The van der Waals surface area contributed by atoms with E-state index in [1.807, 2.05) is 24.3 Å². The first kappa shape index (κ1) is 18.7. The standard InChI is InChI=1S/C16H14N4O5S2/c1-25-12-8-6-11(7-9-12)10-15-17-18-16(26-15)19-27(23,24)14-5-3-2-4-13(14)20(21)22/h2-9H,10H2,1H3,(H,18,19). The van der Waals surface area contributed by atoms with Gasteiger partial charge in [-0.25, -0.2) is 8.42 Å². The first-order valence-electron chi connectivity index (χ1n) is 7.60. The lowest BCUT2D eigenvalue weighted by Crippen LogP contribution is -2.14. The Labute approximate surface area is 158 Å². The lowest BCUT2D eigenvalue weighted by atomic mass is 10.1. The van der Waals surface area contributed by atoms with E-state index in [9.17, 15) is 18.5 Å². The Morgan fingerprint density at radius 2 is 1.85 bits per heavy atom. The molecule has 1 heterocycles. The number of hydrogen-bond donors (Lipinski definition) is 1. The number of methoxy groups -OCH3 is 1. The topological polar surface area (TPSA) is 124 Å². The van der Waals surface area contributed by atoms with Crippen molar-refractivity contribution in [2.24, 2.45) is 0 Å². The zero-order valence-corrected chi connectivity index (χ0v) is 15.7. The largest absolute Gasteiger partial charge is 0.497 e. The molecule has 0 saturated carbocycles. The van der Waals surface area contributed by atoms with Crippen LogP contribution in [-0.4, -0.2) is 30.6 Å². The number of nitro groups is 1. The molecule has 3 rings (SSSR count). The smallest absolute Gasteiger partial charge is 0.289 e.